The number of amides is 2. The van der Waals surface area contributed by atoms with E-state index in [1.54, 1.807) is 37.3 Å². The summed E-state index contributed by atoms with van der Waals surface area (Å²) in [5.74, 6) is -0.842. The van der Waals surface area contributed by atoms with Gasteiger partial charge in [-0.3, -0.25) is 13.9 Å². The molecule has 3 aromatic rings. The standard InChI is InChI=1S/C27H30ClN3O4S/c1-20-14-15-23(18-25(20)28)31(36(34,35)24-12-8-5-9-13-24)19-26(32)30(21(2)27(33)29-3)17-16-22-10-6-4-7-11-22/h4-15,18,21H,16-17,19H2,1-3H3,(H,29,33)/t21-/m0/s1. The molecule has 1 N–H and O–H groups in total. The molecule has 0 heterocycles. The predicted octanol–water partition coefficient (Wildman–Crippen LogP) is 4.05. The molecule has 0 aliphatic carbocycles. The number of benzene rings is 3. The van der Waals surface area contributed by atoms with Crippen LogP contribution in [0.15, 0.2) is 83.8 Å². The van der Waals surface area contributed by atoms with Crippen molar-refractivity contribution in [2.75, 3.05) is 24.4 Å². The Bertz CT molecular complexity index is 1300. The smallest absolute Gasteiger partial charge is 0.264 e. The Balaban J connectivity index is 1.98. The van der Waals surface area contributed by atoms with Crippen LogP contribution in [0.5, 0.6) is 0 Å². The number of halogens is 1. The molecule has 3 rings (SSSR count). The van der Waals surface area contributed by atoms with E-state index in [4.69, 9.17) is 11.6 Å². The number of carbonyl (C=O) groups excluding carboxylic acids is 2. The number of likely N-dealkylation sites (N-methyl/N-ethyl adjacent to an activating group) is 1. The lowest BCUT2D eigenvalue weighted by Crippen LogP contribution is -2.51. The lowest BCUT2D eigenvalue weighted by Gasteiger charge is -2.31. The van der Waals surface area contributed by atoms with Gasteiger partial charge in [-0.25, -0.2) is 8.42 Å². The fraction of sp³-hybridized carbons (Fsp3) is 0.259. The van der Waals surface area contributed by atoms with Gasteiger partial charge in [-0.15, -0.1) is 0 Å². The molecule has 0 aromatic heterocycles. The molecule has 1 atom stereocenters. The van der Waals surface area contributed by atoms with Crippen molar-refractivity contribution in [1.82, 2.24) is 10.2 Å². The van der Waals surface area contributed by atoms with Crippen molar-refractivity contribution < 1.29 is 18.0 Å². The molecule has 0 bridgehead atoms. The van der Waals surface area contributed by atoms with Crippen molar-refractivity contribution in [2.45, 2.75) is 31.2 Å². The lowest BCUT2D eigenvalue weighted by molar-refractivity contribution is -0.138. The number of nitrogens with one attached hydrogen (secondary N) is 1. The van der Waals surface area contributed by atoms with Crippen LogP contribution in [0.4, 0.5) is 5.69 Å². The van der Waals surface area contributed by atoms with Gasteiger partial charge in [0.2, 0.25) is 11.8 Å². The van der Waals surface area contributed by atoms with Gasteiger partial charge in [-0.05, 0) is 55.7 Å². The van der Waals surface area contributed by atoms with Crippen molar-refractivity contribution >= 4 is 39.1 Å². The third kappa shape index (κ3) is 6.44. The lowest BCUT2D eigenvalue weighted by atomic mass is 10.1. The second-order valence-electron chi connectivity index (χ2n) is 8.37. The van der Waals surface area contributed by atoms with E-state index in [1.165, 1.54) is 30.1 Å². The van der Waals surface area contributed by atoms with E-state index in [0.717, 1.165) is 15.4 Å². The molecule has 0 spiro atoms. The zero-order chi connectivity index (χ0) is 26.3. The van der Waals surface area contributed by atoms with E-state index in [9.17, 15) is 18.0 Å². The fourth-order valence-corrected chi connectivity index (χ4v) is 5.37. The second-order valence-corrected chi connectivity index (χ2v) is 10.6. The summed E-state index contributed by atoms with van der Waals surface area (Å²) in [6.07, 6.45) is 0.510. The third-order valence-electron chi connectivity index (χ3n) is 5.95. The average molecular weight is 528 g/mol. The first kappa shape index (κ1) is 27.2. The van der Waals surface area contributed by atoms with Gasteiger partial charge in [-0.1, -0.05) is 66.2 Å². The molecule has 0 fully saturated rings. The normalized spacial score (nSPS) is 12.0. The van der Waals surface area contributed by atoms with E-state index in [0.29, 0.717) is 11.4 Å². The number of rotatable bonds is 10. The summed E-state index contributed by atoms with van der Waals surface area (Å²) < 4.78 is 28.4. The largest absolute Gasteiger partial charge is 0.357 e. The number of aryl methyl sites for hydroxylation is 1. The number of anilines is 1. The fourth-order valence-electron chi connectivity index (χ4n) is 3.76. The van der Waals surface area contributed by atoms with Gasteiger partial charge in [0.25, 0.3) is 10.0 Å². The molecule has 2 amide bonds. The zero-order valence-electron chi connectivity index (χ0n) is 20.5. The summed E-state index contributed by atoms with van der Waals surface area (Å²) in [4.78, 5) is 27.6. The highest BCUT2D eigenvalue weighted by Gasteiger charge is 2.32. The Hall–Kier alpha value is -3.36. The first-order chi connectivity index (χ1) is 17.1. The van der Waals surface area contributed by atoms with E-state index in [-0.39, 0.29) is 23.0 Å². The Labute approximate surface area is 217 Å². The number of nitrogens with zero attached hydrogens (tertiary/aromatic N) is 2. The van der Waals surface area contributed by atoms with Crippen LogP contribution in [0.3, 0.4) is 0 Å². The first-order valence-corrected chi connectivity index (χ1v) is 13.4. The van der Waals surface area contributed by atoms with Crippen molar-refractivity contribution in [3.8, 4) is 0 Å². The number of sulfonamides is 1. The minimum Gasteiger partial charge on any atom is -0.357 e. The Kier molecular flexibility index (Phi) is 9.12. The van der Waals surface area contributed by atoms with Crippen LogP contribution in [0.25, 0.3) is 0 Å². The quantitative estimate of drug-likeness (QED) is 0.431. The molecule has 3 aromatic carbocycles. The van der Waals surface area contributed by atoms with Gasteiger partial charge in [-0.2, -0.15) is 0 Å². The molecule has 0 saturated carbocycles. The second kappa shape index (κ2) is 12.1. The van der Waals surface area contributed by atoms with Gasteiger partial charge in [0.05, 0.1) is 10.6 Å². The highest BCUT2D eigenvalue weighted by Crippen LogP contribution is 2.28. The SMILES string of the molecule is CNC(=O)[C@H](C)N(CCc1ccccc1)C(=O)CN(c1ccc(C)c(Cl)c1)S(=O)(=O)c1ccccc1. The van der Waals surface area contributed by atoms with Gasteiger partial charge in [0.15, 0.2) is 0 Å². The first-order valence-electron chi connectivity index (χ1n) is 11.5. The molecule has 7 nitrogen and oxygen atoms in total. The molecule has 0 aliphatic heterocycles. The summed E-state index contributed by atoms with van der Waals surface area (Å²) in [5, 5.41) is 2.95. The highest BCUT2D eigenvalue weighted by molar-refractivity contribution is 7.92. The van der Waals surface area contributed by atoms with Gasteiger partial charge >= 0.3 is 0 Å². The molecule has 190 valence electrons. The predicted molar refractivity (Wildman–Crippen MR) is 143 cm³/mol. The van der Waals surface area contributed by atoms with Crippen molar-refractivity contribution in [3.63, 3.8) is 0 Å². The van der Waals surface area contributed by atoms with Gasteiger partial charge < -0.3 is 10.2 Å². The summed E-state index contributed by atoms with van der Waals surface area (Å²) >= 11 is 6.31. The van der Waals surface area contributed by atoms with E-state index in [2.05, 4.69) is 5.32 Å². The van der Waals surface area contributed by atoms with Crippen LogP contribution in [0, 0.1) is 6.92 Å². The molecular weight excluding hydrogens is 498 g/mol. The summed E-state index contributed by atoms with van der Waals surface area (Å²) in [7, 11) is -2.61. The minimum atomic E-state index is -4.10. The maximum absolute atomic E-state index is 13.7. The molecule has 9 heteroatoms. The van der Waals surface area contributed by atoms with Crippen LogP contribution in [-0.2, 0) is 26.0 Å². The zero-order valence-corrected chi connectivity index (χ0v) is 22.1. The third-order valence-corrected chi connectivity index (χ3v) is 8.15. The molecule has 0 aliphatic rings. The van der Waals surface area contributed by atoms with Crippen LogP contribution >= 0.6 is 11.6 Å². The molecule has 0 saturated heterocycles. The number of hydrogen-bond acceptors (Lipinski definition) is 4. The Morgan fingerprint density at radius 2 is 1.58 bits per heavy atom. The summed E-state index contributed by atoms with van der Waals surface area (Å²) in [6, 6.07) is 21.5. The van der Waals surface area contributed by atoms with E-state index in [1.807, 2.05) is 37.3 Å². The maximum Gasteiger partial charge on any atom is 0.264 e. The van der Waals surface area contributed by atoms with Crippen LogP contribution < -0.4 is 9.62 Å². The number of hydrogen-bond donors (Lipinski definition) is 1. The highest BCUT2D eigenvalue weighted by atomic mass is 35.5. The van der Waals surface area contributed by atoms with Gasteiger partial charge in [0.1, 0.15) is 12.6 Å². The molecule has 36 heavy (non-hydrogen) atoms. The Morgan fingerprint density at radius 3 is 2.17 bits per heavy atom. The van der Waals surface area contributed by atoms with Crippen molar-refractivity contribution in [2.24, 2.45) is 0 Å². The van der Waals surface area contributed by atoms with Crippen LogP contribution in [-0.4, -0.2) is 51.3 Å². The topological polar surface area (TPSA) is 86.8 Å². The van der Waals surface area contributed by atoms with Crippen molar-refractivity contribution in [3.05, 3.63) is 95.0 Å². The molecule has 0 radical (unpaired) electrons. The van der Waals surface area contributed by atoms with Crippen molar-refractivity contribution in [1.29, 1.82) is 0 Å². The van der Waals surface area contributed by atoms with Gasteiger partial charge in [0, 0.05) is 18.6 Å². The number of carbonyl (C=O) groups is 2. The monoisotopic (exact) mass is 527 g/mol. The summed E-state index contributed by atoms with van der Waals surface area (Å²) in [5.41, 5.74) is 2.04. The van der Waals surface area contributed by atoms with E-state index < -0.39 is 28.5 Å². The van der Waals surface area contributed by atoms with E-state index >= 15 is 0 Å². The molecule has 0 unspecified atom stereocenters. The van der Waals surface area contributed by atoms with Crippen LogP contribution in [0.2, 0.25) is 5.02 Å². The minimum absolute atomic E-state index is 0.0460. The molecular formula is C27H30ClN3O4S. The maximum atomic E-state index is 13.7. The average Bonchev–Trinajstić information content (AvgIpc) is 2.89. The Morgan fingerprint density at radius 1 is 0.972 bits per heavy atom. The summed E-state index contributed by atoms with van der Waals surface area (Å²) in [6.45, 7) is 3.18. The van der Waals surface area contributed by atoms with Crippen LogP contribution in [0.1, 0.15) is 18.1 Å².